The second kappa shape index (κ2) is 9.83. The molecule has 7 heteroatoms. The van der Waals surface area contributed by atoms with E-state index in [1.165, 1.54) is 0 Å². The van der Waals surface area contributed by atoms with Gasteiger partial charge in [-0.15, -0.1) is 0 Å². The van der Waals surface area contributed by atoms with Crippen molar-refractivity contribution in [3.63, 3.8) is 0 Å². The third-order valence-electron chi connectivity index (χ3n) is 2.28. The molecule has 0 heterocycles. The molecule has 0 aliphatic rings. The van der Waals surface area contributed by atoms with Crippen molar-refractivity contribution in [1.29, 1.82) is 0 Å². The van der Waals surface area contributed by atoms with E-state index in [-0.39, 0.29) is 19.1 Å². The molecule has 0 saturated carbocycles. The van der Waals surface area contributed by atoms with Crippen molar-refractivity contribution in [2.75, 3.05) is 33.0 Å². The van der Waals surface area contributed by atoms with E-state index in [4.69, 9.17) is 37.8 Å². The molecule has 0 spiro atoms. The van der Waals surface area contributed by atoms with Crippen molar-refractivity contribution < 1.29 is 19.4 Å². The van der Waals surface area contributed by atoms with E-state index in [9.17, 15) is 4.79 Å². The van der Waals surface area contributed by atoms with E-state index in [1.54, 1.807) is 18.2 Å². The maximum Gasteiger partial charge on any atom is 0.257 e. The summed E-state index contributed by atoms with van der Waals surface area (Å²) in [6.45, 7) is 1.22. The topological polar surface area (TPSA) is 67.8 Å². The van der Waals surface area contributed by atoms with Crippen LogP contribution in [0.15, 0.2) is 18.2 Å². The molecule has 1 aromatic rings. The molecule has 0 aromatic heterocycles. The molecule has 1 aromatic carbocycles. The number of aliphatic hydroxyl groups excluding tert-OH is 1. The fourth-order valence-electron chi connectivity index (χ4n) is 1.34. The molecule has 0 unspecified atom stereocenters. The summed E-state index contributed by atoms with van der Waals surface area (Å²) in [7, 11) is 0. The minimum Gasteiger partial charge on any atom is -0.484 e. The van der Waals surface area contributed by atoms with Gasteiger partial charge in [0.15, 0.2) is 6.61 Å². The molecule has 0 radical (unpaired) electrons. The van der Waals surface area contributed by atoms with Crippen molar-refractivity contribution in [1.82, 2.24) is 5.32 Å². The normalized spacial score (nSPS) is 10.3. The number of rotatable bonds is 9. The van der Waals surface area contributed by atoms with Gasteiger partial charge in [-0.25, -0.2) is 0 Å². The van der Waals surface area contributed by atoms with Gasteiger partial charge >= 0.3 is 0 Å². The summed E-state index contributed by atoms with van der Waals surface area (Å²) in [6.07, 6.45) is 0.679. The van der Waals surface area contributed by atoms with Crippen LogP contribution in [0.2, 0.25) is 10.0 Å². The Balaban J connectivity index is 2.15. The van der Waals surface area contributed by atoms with Crippen LogP contribution in [-0.2, 0) is 9.53 Å². The van der Waals surface area contributed by atoms with Crippen LogP contribution in [0.4, 0.5) is 0 Å². The van der Waals surface area contributed by atoms with Gasteiger partial charge in [0.1, 0.15) is 5.75 Å². The summed E-state index contributed by atoms with van der Waals surface area (Å²) in [5, 5.41) is 12.0. The largest absolute Gasteiger partial charge is 0.484 e. The van der Waals surface area contributed by atoms with Crippen LogP contribution in [-0.4, -0.2) is 44.0 Å². The average molecular weight is 322 g/mol. The molecule has 0 atom stereocenters. The molecule has 112 valence electrons. The quantitative estimate of drug-likeness (QED) is 0.681. The van der Waals surface area contributed by atoms with Crippen LogP contribution in [0.3, 0.4) is 0 Å². The number of amides is 1. The van der Waals surface area contributed by atoms with Crippen LogP contribution in [0.5, 0.6) is 5.75 Å². The number of carbonyl (C=O) groups is 1. The number of benzene rings is 1. The van der Waals surface area contributed by atoms with Gasteiger partial charge in [-0.2, -0.15) is 0 Å². The Morgan fingerprint density at radius 1 is 1.25 bits per heavy atom. The van der Waals surface area contributed by atoms with Crippen molar-refractivity contribution in [2.45, 2.75) is 6.42 Å². The second-order valence-corrected chi connectivity index (χ2v) is 4.72. The number of carbonyl (C=O) groups excluding carboxylic acids is 1. The molecular formula is C13H17Cl2NO4. The van der Waals surface area contributed by atoms with Crippen LogP contribution in [0.25, 0.3) is 0 Å². The lowest BCUT2D eigenvalue weighted by atomic mass is 10.3. The zero-order valence-corrected chi connectivity index (χ0v) is 12.4. The zero-order chi connectivity index (χ0) is 14.8. The summed E-state index contributed by atoms with van der Waals surface area (Å²) >= 11 is 11.6. The Labute approximate surface area is 127 Å². The highest BCUT2D eigenvalue weighted by Gasteiger charge is 2.04. The number of hydrogen-bond acceptors (Lipinski definition) is 4. The smallest absolute Gasteiger partial charge is 0.257 e. The predicted octanol–water partition coefficient (Wildman–Crippen LogP) is 1.89. The number of halogens is 2. The highest BCUT2D eigenvalue weighted by Crippen LogP contribution is 2.26. The third-order valence-corrected chi connectivity index (χ3v) is 3.02. The highest BCUT2D eigenvalue weighted by atomic mass is 35.5. The van der Waals surface area contributed by atoms with Crippen molar-refractivity contribution in [3.05, 3.63) is 28.2 Å². The maximum absolute atomic E-state index is 11.5. The minimum absolute atomic E-state index is 0.00382. The molecule has 20 heavy (non-hydrogen) atoms. The first kappa shape index (κ1) is 17.0. The summed E-state index contributed by atoms with van der Waals surface area (Å²) in [6, 6.07) is 4.81. The molecule has 5 nitrogen and oxygen atoms in total. The predicted molar refractivity (Wildman–Crippen MR) is 77.5 cm³/mol. The Morgan fingerprint density at radius 3 is 2.75 bits per heavy atom. The summed E-state index contributed by atoms with van der Waals surface area (Å²) in [5.74, 6) is 0.263. The molecule has 0 saturated heterocycles. The highest BCUT2D eigenvalue weighted by molar-refractivity contribution is 6.42. The Hall–Kier alpha value is -1.01. The molecular weight excluding hydrogens is 305 g/mol. The van der Waals surface area contributed by atoms with Gasteiger partial charge in [-0.05, 0) is 18.6 Å². The fraction of sp³-hybridized carbons (Fsp3) is 0.462. The van der Waals surface area contributed by atoms with Gasteiger partial charge in [0.25, 0.3) is 5.91 Å². The van der Waals surface area contributed by atoms with E-state index < -0.39 is 0 Å². The molecule has 1 amide bonds. The first-order valence-electron chi connectivity index (χ1n) is 6.16. The van der Waals surface area contributed by atoms with Crippen molar-refractivity contribution >= 4 is 29.1 Å². The van der Waals surface area contributed by atoms with Gasteiger partial charge in [0, 0.05) is 19.2 Å². The first-order chi connectivity index (χ1) is 9.63. The molecule has 1 rings (SSSR count). The van der Waals surface area contributed by atoms with Gasteiger partial charge in [-0.3, -0.25) is 4.79 Å². The summed E-state index contributed by atoms with van der Waals surface area (Å²) in [5.41, 5.74) is 0. The monoisotopic (exact) mass is 321 g/mol. The second-order valence-electron chi connectivity index (χ2n) is 3.90. The average Bonchev–Trinajstić information content (AvgIpc) is 2.44. The van der Waals surface area contributed by atoms with E-state index in [0.717, 1.165) is 0 Å². The Morgan fingerprint density at radius 2 is 2.05 bits per heavy atom. The summed E-state index contributed by atoms with van der Waals surface area (Å²) in [4.78, 5) is 11.5. The lowest BCUT2D eigenvalue weighted by Crippen LogP contribution is -2.30. The zero-order valence-electron chi connectivity index (χ0n) is 10.9. The minimum atomic E-state index is -0.224. The lowest BCUT2D eigenvalue weighted by Gasteiger charge is -2.08. The Kier molecular flexibility index (Phi) is 8.37. The van der Waals surface area contributed by atoms with E-state index in [2.05, 4.69) is 5.32 Å². The molecule has 0 aliphatic heterocycles. The number of nitrogens with one attached hydrogen (secondary N) is 1. The van der Waals surface area contributed by atoms with Crippen LogP contribution < -0.4 is 10.1 Å². The summed E-state index contributed by atoms with van der Waals surface area (Å²) < 4.78 is 10.3. The number of hydrogen-bond donors (Lipinski definition) is 2. The SMILES string of the molecule is O=C(COc1ccc(Cl)c(Cl)c1)NCCCOCCO. The number of ether oxygens (including phenoxy) is 2. The van der Waals surface area contributed by atoms with Gasteiger partial charge in [0.05, 0.1) is 23.3 Å². The van der Waals surface area contributed by atoms with Crippen LogP contribution in [0, 0.1) is 0 Å². The number of aliphatic hydroxyl groups is 1. The lowest BCUT2D eigenvalue weighted by molar-refractivity contribution is -0.123. The van der Waals surface area contributed by atoms with Gasteiger partial charge < -0.3 is 19.9 Å². The van der Waals surface area contributed by atoms with Crippen LogP contribution >= 0.6 is 23.2 Å². The van der Waals surface area contributed by atoms with E-state index >= 15 is 0 Å². The first-order valence-corrected chi connectivity index (χ1v) is 6.92. The molecule has 2 N–H and O–H groups in total. The van der Waals surface area contributed by atoms with E-state index in [1.807, 2.05) is 0 Å². The van der Waals surface area contributed by atoms with Gasteiger partial charge in [0.2, 0.25) is 0 Å². The Bertz CT molecular complexity index is 429. The van der Waals surface area contributed by atoms with E-state index in [0.29, 0.717) is 42.0 Å². The molecule has 0 fully saturated rings. The van der Waals surface area contributed by atoms with Crippen molar-refractivity contribution in [3.8, 4) is 5.75 Å². The van der Waals surface area contributed by atoms with Crippen LogP contribution in [0.1, 0.15) is 6.42 Å². The standard InChI is InChI=1S/C13H17Cl2NO4/c14-11-3-2-10(8-12(11)15)20-9-13(18)16-4-1-6-19-7-5-17/h2-3,8,17H,1,4-7,9H2,(H,16,18). The maximum atomic E-state index is 11.5. The fourth-order valence-corrected chi connectivity index (χ4v) is 1.62. The van der Waals surface area contributed by atoms with Gasteiger partial charge in [-0.1, -0.05) is 23.2 Å². The third kappa shape index (κ3) is 6.96. The van der Waals surface area contributed by atoms with Crippen molar-refractivity contribution in [2.24, 2.45) is 0 Å². The molecule has 0 bridgehead atoms. The molecule has 0 aliphatic carbocycles.